The third-order valence-electron chi connectivity index (χ3n) is 3.37. The average Bonchev–Trinajstić information content (AvgIpc) is 3.24. The van der Waals surface area contributed by atoms with Gasteiger partial charge in [0.15, 0.2) is 5.82 Å². The molecule has 0 aliphatic carbocycles. The molecule has 0 spiro atoms. The second-order valence-electron chi connectivity index (χ2n) is 4.66. The Bertz CT molecular complexity index is 905. The minimum Gasteiger partial charge on any atom is -0.353 e. The largest absolute Gasteiger partial charge is 0.353 e. The molecular weight excluding hydrogens is 284 g/mol. The Hall–Kier alpha value is -2.47. The molecule has 0 aliphatic heterocycles. The second kappa shape index (κ2) is 4.82. The van der Waals surface area contributed by atoms with Gasteiger partial charge in [0.25, 0.3) is 0 Å². The van der Waals surface area contributed by atoms with Gasteiger partial charge in [0.05, 0.1) is 21.4 Å². The summed E-state index contributed by atoms with van der Waals surface area (Å²) in [6.07, 6.45) is 4.51. The molecule has 1 aromatic carbocycles. The number of rotatable bonds is 3. The predicted molar refractivity (Wildman–Crippen MR) is 81.6 cm³/mol. The number of nitrogens with zero attached hydrogens (tertiary/aromatic N) is 4. The summed E-state index contributed by atoms with van der Waals surface area (Å²) in [5, 5.41) is 4.03. The molecule has 0 N–H and O–H groups in total. The Kier molecular flexibility index (Phi) is 2.82. The van der Waals surface area contributed by atoms with Crippen LogP contribution in [0.3, 0.4) is 0 Å². The van der Waals surface area contributed by atoms with Crippen molar-refractivity contribution in [3.63, 3.8) is 0 Å². The van der Waals surface area contributed by atoms with Gasteiger partial charge >= 0.3 is 0 Å². The predicted octanol–water partition coefficient (Wildman–Crippen LogP) is 3.70. The fraction of sp³-hybridized carbons (Fsp3) is 0.133. The van der Waals surface area contributed by atoms with E-state index in [1.165, 1.54) is 4.70 Å². The van der Waals surface area contributed by atoms with Crippen LogP contribution in [0.5, 0.6) is 0 Å². The highest BCUT2D eigenvalue weighted by molar-refractivity contribution is 7.16. The number of fused-ring (bicyclic) bond motifs is 1. The van der Waals surface area contributed by atoms with Gasteiger partial charge in [0.2, 0.25) is 5.76 Å². The van der Waals surface area contributed by atoms with Crippen LogP contribution in [0, 0.1) is 0 Å². The van der Waals surface area contributed by atoms with Crippen LogP contribution < -0.4 is 0 Å². The minimum absolute atomic E-state index is 0.676. The second-order valence-corrected chi connectivity index (χ2v) is 5.55. The summed E-state index contributed by atoms with van der Waals surface area (Å²) >= 11 is 1.64. The zero-order valence-corrected chi connectivity index (χ0v) is 12.2. The van der Waals surface area contributed by atoms with E-state index in [-0.39, 0.29) is 0 Å². The van der Waals surface area contributed by atoms with Crippen LogP contribution >= 0.6 is 11.3 Å². The molecule has 0 atom stereocenters. The van der Waals surface area contributed by atoms with Crippen molar-refractivity contribution >= 4 is 21.6 Å². The van der Waals surface area contributed by atoms with Crippen LogP contribution in [0.15, 0.2) is 46.7 Å². The summed E-state index contributed by atoms with van der Waals surface area (Å²) < 4.78 is 8.55. The number of aryl methyl sites for hydroxylation is 1. The fourth-order valence-electron chi connectivity index (χ4n) is 2.27. The van der Waals surface area contributed by atoms with E-state index < -0.39 is 0 Å². The van der Waals surface area contributed by atoms with Gasteiger partial charge in [-0.25, -0.2) is 9.97 Å². The van der Waals surface area contributed by atoms with E-state index in [4.69, 9.17) is 4.52 Å². The average molecular weight is 296 g/mol. The van der Waals surface area contributed by atoms with E-state index in [2.05, 4.69) is 27.3 Å². The number of aromatic nitrogens is 4. The van der Waals surface area contributed by atoms with E-state index >= 15 is 0 Å². The number of hydrogen-bond acceptors (Lipinski definition) is 5. The van der Waals surface area contributed by atoms with Gasteiger partial charge in [0.1, 0.15) is 0 Å². The number of imidazole rings is 1. The number of thiazole rings is 1. The Morgan fingerprint density at radius 3 is 3.05 bits per heavy atom. The normalized spacial score (nSPS) is 11.3. The van der Waals surface area contributed by atoms with Crippen molar-refractivity contribution in [2.45, 2.75) is 13.3 Å². The first-order valence-electron chi connectivity index (χ1n) is 6.68. The van der Waals surface area contributed by atoms with Crippen LogP contribution in [0.4, 0.5) is 0 Å². The van der Waals surface area contributed by atoms with E-state index in [0.29, 0.717) is 5.76 Å². The molecule has 4 rings (SSSR count). The number of benzene rings is 1. The lowest BCUT2D eigenvalue weighted by Gasteiger charge is -2.05. The first-order chi connectivity index (χ1) is 10.3. The topological polar surface area (TPSA) is 56.7 Å². The van der Waals surface area contributed by atoms with E-state index in [0.717, 1.165) is 29.1 Å². The van der Waals surface area contributed by atoms with E-state index in [1.807, 2.05) is 35.3 Å². The van der Waals surface area contributed by atoms with Crippen LogP contribution in [-0.4, -0.2) is 19.7 Å². The standard InChI is InChI=1S/C15H12N4OS/c1-2-10-7-13(20-18-10)15-16-5-6-19(15)11-3-4-14-12(8-11)17-9-21-14/h3-9H,2H2,1H3. The van der Waals surface area contributed by atoms with Gasteiger partial charge in [-0.3, -0.25) is 4.57 Å². The summed E-state index contributed by atoms with van der Waals surface area (Å²) in [5.41, 5.74) is 4.78. The fourth-order valence-corrected chi connectivity index (χ4v) is 2.93. The Balaban J connectivity index is 1.83. The molecule has 0 saturated heterocycles. The Labute approximate surface area is 124 Å². The maximum absolute atomic E-state index is 5.39. The maximum atomic E-state index is 5.39. The highest BCUT2D eigenvalue weighted by atomic mass is 32.1. The lowest BCUT2D eigenvalue weighted by Crippen LogP contribution is -1.95. The van der Waals surface area contributed by atoms with Crippen LogP contribution in [-0.2, 0) is 6.42 Å². The van der Waals surface area contributed by atoms with Crippen LogP contribution in [0.2, 0.25) is 0 Å². The van der Waals surface area contributed by atoms with Gasteiger partial charge in [-0.05, 0) is 24.6 Å². The van der Waals surface area contributed by atoms with Crippen molar-refractivity contribution in [1.29, 1.82) is 0 Å². The molecule has 3 aromatic heterocycles. The van der Waals surface area contributed by atoms with Crippen molar-refractivity contribution in [2.75, 3.05) is 0 Å². The Morgan fingerprint density at radius 1 is 1.24 bits per heavy atom. The van der Waals surface area contributed by atoms with E-state index in [9.17, 15) is 0 Å². The third-order valence-corrected chi connectivity index (χ3v) is 4.18. The van der Waals surface area contributed by atoms with Crippen molar-refractivity contribution in [3.8, 4) is 17.3 Å². The van der Waals surface area contributed by atoms with Gasteiger partial charge in [-0.15, -0.1) is 11.3 Å². The summed E-state index contributed by atoms with van der Waals surface area (Å²) in [5.74, 6) is 1.42. The molecule has 0 radical (unpaired) electrons. The molecule has 0 bridgehead atoms. The first kappa shape index (κ1) is 12.3. The SMILES string of the molecule is CCc1cc(-c2nccn2-c2ccc3scnc3c2)on1. The molecule has 21 heavy (non-hydrogen) atoms. The molecule has 0 saturated carbocycles. The van der Waals surface area contributed by atoms with Crippen molar-refractivity contribution in [3.05, 3.63) is 47.9 Å². The number of hydrogen-bond donors (Lipinski definition) is 0. The lowest BCUT2D eigenvalue weighted by molar-refractivity contribution is 0.421. The molecule has 6 heteroatoms. The summed E-state index contributed by atoms with van der Waals surface area (Å²) in [4.78, 5) is 8.75. The van der Waals surface area contributed by atoms with Gasteiger partial charge in [-0.1, -0.05) is 12.1 Å². The lowest BCUT2D eigenvalue weighted by atomic mass is 10.2. The van der Waals surface area contributed by atoms with E-state index in [1.54, 1.807) is 17.5 Å². The zero-order valence-electron chi connectivity index (χ0n) is 11.4. The van der Waals surface area contributed by atoms with Gasteiger partial charge in [0, 0.05) is 24.1 Å². The summed E-state index contributed by atoms with van der Waals surface area (Å²) in [6.45, 7) is 2.05. The Morgan fingerprint density at radius 2 is 2.19 bits per heavy atom. The molecule has 0 fully saturated rings. The zero-order chi connectivity index (χ0) is 14.2. The highest BCUT2D eigenvalue weighted by Gasteiger charge is 2.13. The molecule has 104 valence electrons. The van der Waals surface area contributed by atoms with Crippen LogP contribution in [0.25, 0.3) is 27.5 Å². The molecular formula is C15H12N4OS. The third kappa shape index (κ3) is 2.04. The van der Waals surface area contributed by atoms with Crippen LogP contribution in [0.1, 0.15) is 12.6 Å². The van der Waals surface area contributed by atoms with Crippen molar-refractivity contribution in [1.82, 2.24) is 19.7 Å². The molecule has 0 amide bonds. The van der Waals surface area contributed by atoms with Crippen molar-refractivity contribution in [2.24, 2.45) is 0 Å². The molecule has 4 aromatic rings. The molecule has 5 nitrogen and oxygen atoms in total. The highest BCUT2D eigenvalue weighted by Crippen LogP contribution is 2.25. The molecule has 0 unspecified atom stereocenters. The summed E-state index contributed by atoms with van der Waals surface area (Å²) in [6, 6.07) is 8.11. The molecule has 3 heterocycles. The molecule has 0 aliphatic rings. The summed E-state index contributed by atoms with van der Waals surface area (Å²) in [7, 11) is 0. The quantitative estimate of drug-likeness (QED) is 0.578. The van der Waals surface area contributed by atoms with Crippen molar-refractivity contribution < 1.29 is 4.52 Å². The first-order valence-corrected chi connectivity index (χ1v) is 7.56. The van der Waals surface area contributed by atoms with Gasteiger partial charge in [-0.2, -0.15) is 0 Å². The maximum Gasteiger partial charge on any atom is 0.202 e. The minimum atomic E-state index is 0.676. The van der Waals surface area contributed by atoms with Gasteiger partial charge < -0.3 is 4.52 Å². The smallest absolute Gasteiger partial charge is 0.202 e. The monoisotopic (exact) mass is 296 g/mol.